The number of anilines is 1. The lowest BCUT2D eigenvalue weighted by atomic mass is 9.92. The van der Waals surface area contributed by atoms with E-state index in [1.54, 1.807) is 12.4 Å². The molecule has 0 aliphatic heterocycles. The van der Waals surface area contributed by atoms with Crippen LogP contribution in [0.2, 0.25) is 0 Å². The van der Waals surface area contributed by atoms with Crippen LogP contribution in [0.1, 0.15) is 26.5 Å². The third kappa shape index (κ3) is 2.52. The highest BCUT2D eigenvalue weighted by Gasteiger charge is 2.17. The third-order valence-corrected chi connectivity index (χ3v) is 2.36. The molecule has 0 unspecified atom stereocenters. The quantitative estimate of drug-likeness (QED) is 0.790. The molecule has 0 atom stereocenters. The first-order valence-electron chi connectivity index (χ1n) is 5.32. The minimum atomic E-state index is -0.283. The standard InChI is InChI=1S/C11H15N5O/c1-11(2,3)8-6-9(15-14-8)13-10(17)16-5-4-12-7-16/h4-7H,1-3H3,(H2,13,14,15,17). The van der Waals surface area contributed by atoms with Crippen molar-refractivity contribution in [2.45, 2.75) is 26.2 Å². The number of hydrogen-bond acceptors (Lipinski definition) is 3. The van der Waals surface area contributed by atoms with E-state index in [1.165, 1.54) is 10.9 Å². The van der Waals surface area contributed by atoms with Gasteiger partial charge >= 0.3 is 6.03 Å². The third-order valence-electron chi connectivity index (χ3n) is 2.36. The van der Waals surface area contributed by atoms with E-state index >= 15 is 0 Å². The van der Waals surface area contributed by atoms with Crippen LogP contribution in [0.15, 0.2) is 24.8 Å². The zero-order chi connectivity index (χ0) is 12.5. The number of imidazole rings is 1. The summed E-state index contributed by atoms with van der Waals surface area (Å²) < 4.78 is 1.35. The average molecular weight is 233 g/mol. The molecular weight excluding hydrogens is 218 g/mol. The van der Waals surface area contributed by atoms with Crippen LogP contribution < -0.4 is 5.32 Å². The SMILES string of the molecule is CC(C)(C)c1cc(NC(=O)n2ccnc2)n[nH]1. The van der Waals surface area contributed by atoms with Gasteiger partial charge in [-0.15, -0.1) is 0 Å². The van der Waals surface area contributed by atoms with Gasteiger partial charge in [-0.3, -0.25) is 15.0 Å². The monoisotopic (exact) mass is 233 g/mol. The van der Waals surface area contributed by atoms with Crippen LogP contribution in [0.4, 0.5) is 10.6 Å². The Kier molecular flexibility index (Phi) is 2.71. The average Bonchev–Trinajstić information content (AvgIpc) is 2.85. The summed E-state index contributed by atoms with van der Waals surface area (Å²) in [6.07, 6.45) is 4.56. The van der Waals surface area contributed by atoms with E-state index in [4.69, 9.17) is 0 Å². The van der Waals surface area contributed by atoms with Gasteiger partial charge in [-0.2, -0.15) is 5.10 Å². The molecule has 2 aromatic rings. The lowest BCUT2D eigenvalue weighted by Gasteiger charge is -2.14. The van der Waals surface area contributed by atoms with Crippen LogP contribution in [0.25, 0.3) is 0 Å². The van der Waals surface area contributed by atoms with Gasteiger partial charge in [-0.25, -0.2) is 9.78 Å². The summed E-state index contributed by atoms with van der Waals surface area (Å²) in [6, 6.07) is 1.55. The minimum absolute atomic E-state index is 0.0228. The number of nitrogens with one attached hydrogen (secondary N) is 2. The Hall–Kier alpha value is -2.11. The van der Waals surface area contributed by atoms with Crippen molar-refractivity contribution in [3.8, 4) is 0 Å². The van der Waals surface area contributed by atoms with E-state index in [9.17, 15) is 4.79 Å². The molecule has 0 aliphatic carbocycles. The van der Waals surface area contributed by atoms with Crippen molar-refractivity contribution in [3.05, 3.63) is 30.5 Å². The fourth-order valence-corrected chi connectivity index (χ4v) is 1.32. The van der Waals surface area contributed by atoms with E-state index in [-0.39, 0.29) is 11.4 Å². The van der Waals surface area contributed by atoms with Crippen molar-refractivity contribution in [2.75, 3.05) is 5.32 Å². The van der Waals surface area contributed by atoms with Crippen molar-refractivity contribution >= 4 is 11.8 Å². The largest absolute Gasteiger partial charge is 0.332 e. The number of amides is 1. The van der Waals surface area contributed by atoms with Crippen molar-refractivity contribution in [1.29, 1.82) is 0 Å². The lowest BCUT2D eigenvalue weighted by molar-refractivity contribution is 0.253. The van der Waals surface area contributed by atoms with E-state index in [2.05, 4.69) is 41.3 Å². The molecule has 90 valence electrons. The van der Waals surface area contributed by atoms with Gasteiger partial charge in [0.15, 0.2) is 5.82 Å². The maximum absolute atomic E-state index is 11.7. The van der Waals surface area contributed by atoms with Crippen molar-refractivity contribution in [3.63, 3.8) is 0 Å². The fourth-order valence-electron chi connectivity index (χ4n) is 1.32. The molecule has 2 heterocycles. The summed E-state index contributed by atoms with van der Waals surface area (Å²) in [6.45, 7) is 6.21. The van der Waals surface area contributed by atoms with Gasteiger partial charge in [0.2, 0.25) is 0 Å². The van der Waals surface area contributed by atoms with E-state index in [0.717, 1.165) is 5.69 Å². The molecule has 2 N–H and O–H groups in total. The van der Waals surface area contributed by atoms with Crippen LogP contribution in [0.5, 0.6) is 0 Å². The highest BCUT2D eigenvalue weighted by Crippen LogP contribution is 2.21. The Balaban J connectivity index is 2.10. The van der Waals surface area contributed by atoms with Gasteiger partial charge in [0.25, 0.3) is 0 Å². The Morgan fingerprint density at radius 3 is 2.76 bits per heavy atom. The number of carbonyl (C=O) groups is 1. The van der Waals surface area contributed by atoms with Gasteiger partial charge < -0.3 is 0 Å². The van der Waals surface area contributed by atoms with E-state index in [1.807, 2.05) is 6.07 Å². The summed E-state index contributed by atoms with van der Waals surface area (Å²) in [7, 11) is 0. The second kappa shape index (κ2) is 4.04. The van der Waals surface area contributed by atoms with Crippen LogP contribution in [-0.2, 0) is 5.41 Å². The highest BCUT2D eigenvalue weighted by atomic mass is 16.2. The van der Waals surface area contributed by atoms with Crippen molar-refractivity contribution < 1.29 is 4.79 Å². The molecule has 6 heteroatoms. The van der Waals surface area contributed by atoms with Gasteiger partial charge in [-0.05, 0) is 0 Å². The van der Waals surface area contributed by atoms with E-state index < -0.39 is 0 Å². The number of carbonyl (C=O) groups excluding carboxylic acids is 1. The highest BCUT2D eigenvalue weighted by molar-refractivity contribution is 5.89. The normalized spacial score (nSPS) is 11.5. The Bertz CT molecular complexity index is 506. The van der Waals surface area contributed by atoms with Gasteiger partial charge in [-0.1, -0.05) is 20.8 Å². The molecule has 0 aliphatic rings. The molecule has 0 spiro atoms. The molecule has 2 rings (SSSR count). The first-order valence-corrected chi connectivity index (χ1v) is 5.32. The first kappa shape index (κ1) is 11.4. The zero-order valence-electron chi connectivity index (χ0n) is 10.1. The van der Waals surface area contributed by atoms with Gasteiger partial charge in [0, 0.05) is 29.6 Å². The number of H-pyrrole nitrogens is 1. The summed E-state index contributed by atoms with van der Waals surface area (Å²) in [4.78, 5) is 15.5. The number of aromatic nitrogens is 4. The maximum Gasteiger partial charge on any atom is 0.332 e. The lowest BCUT2D eigenvalue weighted by Crippen LogP contribution is -2.18. The fraction of sp³-hybridized carbons (Fsp3) is 0.364. The van der Waals surface area contributed by atoms with Crippen LogP contribution >= 0.6 is 0 Å². The summed E-state index contributed by atoms with van der Waals surface area (Å²) in [5, 5.41) is 9.63. The summed E-state index contributed by atoms with van der Waals surface area (Å²) in [5.74, 6) is 0.508. The smallest absolute Gasteiger partial charge is 0.290 e. The molecule has 0 radical (unpaired) electrons. The summed E-state index contributed by atoms with van der Waals surface area (Å²) >= 11 is 0. The Morgan fingerprint density at radius 2 is 2.24 bits per heavy atom. The van der Waals surface area contributed by atoms with Crippen LogP contribution in [-0.4, -0.2) is 25.8 Å². The van der Waals surface area contributed by atoms with Crippen LogP contribution in [0.3, 0.4) is 0 Å². The molecule has 2 aromatic heterocycles. The predicted octanol–water partition coefficient (Wildman–Crippen LogP) is 1.98. The number of rotatable bonds is 1. The molecule has 1 amide bonds. The number of aromatic amines is 1. The molecule has 0 bridgehead atoms. The molecule has 6 nitrogen and oxygen atoms in total. The Labute approximate surface area is 99.1 Å². The number of nitrogens with zero attached hydrogens (tertiary/aromatic N) is 3. The molecular formula is C11H15N5O. The van der Waals surface area contributed by atoms with Crippen molar-refractivity contribution in [1.82, 2.24) is 19.7 Å². The molecule has 0 saturated carbocycles. The maximum atomic E-state index is 11.7. The first-order chi connectivity index (χ1) is 7.97. The second-order valence-electron chi connectivity index (χ2n) is 4.82. The topological polar surface area (TPSA) is 75.6 Å². The molecule has 0 saturated heterocycles. The minimum Gasteiger partial charge on any atom is -0.290 e. The molecule has 17 heavy (non-hydrogen) atoms. The van der Waals surface area contributed by atoms with Gasteiger partial charge in [0.05, 0.1) is 0 Å². The Morgan fingerprint density at radius 1 is 1.47 bits per heavy atom. The van der Waals surface area contributed by atoms with Crippen molar-refractivity contribution in [2.24, 2.45) is 0 Å². The van der Waals surface area contributed by atoms with E-state index in [0.29, 0.717) is 5.82 Å². The second-order valence-corrected chi connectivity index (χ2v) is 4.82. The predicted molar refractivity (Wildman–Crippen MR) is 63.9 cm³/mol. The summed E-state index contributed by atoms with van der Waals surface area (Å²) in [5.41, 5.74) is 0.948. The molecule has 0 fully saturated rings. The van der Waals surface area contributed by atoms with Crippen LogP contribution in [0, 0.1) is 0 Å². The number of hydrogen-bond donors (Lipinski definition) is 2. The molecule has 0 aromatic carbocycles. The zero-order valence-corrected chi connectivity index (χ0v) is 10.1. The van der Waals surface area contributed by atoms with Gasteiger partial charge in [0.1, 0.15) is 6.33 Å².